The predicted octanol–water partition coefficient (Wildman–Crippen LogP) is 1.74. The van der Waals surface area contributed by atoms with E-state index >= 15 is 0 Å². The van der Waals surface area contributed by atoms with Crippen LogP contribution in [0, 0.1) is 12.3 Å². The molecule has 0 radical (unpaired) electrons. The number of hydrogen-bond donors (Lipinski definition) is 3. The monoisotopic (exact) mass is 250 g/mol. The van der Waals surface area contributed by atoms with Gasteiger partial charge in [-0.3, -0.25) is 4.98 Å². The molecule has 1 aliphatic rings. The van der Waals surface area contributed by atoms with Crippen molar-refractivity contribution < 1.29 is 10.2 Å². The van der Waals surface area contributed by atoms with Gasteiger partial charge in [-0.1, -0.05) is 12.8 Å². The third kappa shape index (κ3) is 3.00. The lowest BCUT2D eigenvalue weighted by atomic mass is 9.87. The number of hydrogen-bond acceptors (Lipinski definition) is 4. The summed E-state index contributed by atoms with van der Waals surface area (Å²) in [4.78, 5) is 4.31. The molecule has 0 bridgehead atoms. The van der Waals surface area contributed by atoms with E-state index in [1.165, 1.54) is 12.8 Å². The molecule has 4 heteroatoms. The number of nitrogens with zero attached hydrogens (tertiary/aromatic N) is 1. The fraction of sp³-hybridized carbons (Fsp3) is 0.643. The van der Waals surface area contributed by atoms with Gasteiger partial charge in [-0.25, -0.2) is 0 Å². The lowest BCUT2D eigenvalue weighted by molar-refractivity contribution is 0.128. The van der Waals surface area contributed by atoms with Crippen molar-refractivity contribution in [2.24, 2.45) is 5.41 Å². The molecule has 0 unspecified atom stereocenters. The molecule has 3 N–H and O–H groups in total. The summed E-state index contributed by atoms with van der Waals surface area (Å²) in [5, 5.41) is 22.5. The van der Waals surface area contributed by atoms with Gasteiger partial charge in [0.1, 0.15) is 5.75 Å². The van der Waals surface area contributed by atoms with E-state index in [0.29, 0.717) is 12.2 Å². The highest BCUT2D eigenvalue weighted by atomic mass is 16.3. The Morgan fingerprint density at radius 1 is 1.33 bits per heavy atom. The van der Waals surface area contributed by atoms with Gasteiger partial charge < -0.3 is 15.5 Å². The first-order valence-electron chi connectivity index (χ1n) is 6.62. The third-order valence-corrected chi connectivity index (χ3v) is 3.88. The Labute approximate surface area is 108 Å². The quantitative estimate of drug-likeness (QED) is 0.744. The van der Waals surface area contributed by atoms with Gasteiger partial charge >= 0.3 is 0 Å². The average Bonchev–Trinajstić information content (AvgIpc) is 2.83. The second-order valence-corrected chi connectivity index (χ2v) is 5.39. The first kappa shape index (κ1) is 13.3. The van der Waals surface area contributed by atoms with Gasteiger partial charge in [0, 0.05) is 30.8 Å². The van der Waals surface area contributed by atoms with Crippen molar-refractivity contribution in [1.82, 2.24) is 10.3 Å². The average molecular weight is 250 g/mol. The highest BCUT2D eigenvalue weighted by Crippen LogP contribution is 2.36. The fourth-order valence-corrected chi connectivity index (χ4v) is 2.70. The van der Waals surface area contributed by atoms with Crippen LogP contribution in [-0.4, -0.2) is 28.3 Å². The van der Waals surface area contributed by atoms with Gasteiger partial charge in [0.15, 0.2) is 0 Å². The molecule has 1 heterocycles. The largest absolute Gasteiger partial charge is 0.506 e. The number of aliphatic hydroxyl groups excluding tert-OH is 1. The van der Waals surface area contributed by atoms with E-state index in [-0.39, 0.29) is 17.8 Å². The summed E-state index contributed by atoms with van der Waals surface area (Å²) in [6.07, 6.45) is 4.58. The third-order valence-electron chi connectivity index (χ3n) is 3.88. The Morgan fingerprint density at radius 2 is 2.06 bits per heavy atom. The highest BCUT2D eigenvalue weighted by Gasteiger charge is 2.32. The number of nitrogens with one attached hydrogen (secondary N) is 1. The summed E-state index contributed by atoms with van der Waals surface area (Å²) in [6.45, 7) is 3.50. The lowest BCUT2D eigenvalue weighted by Gasteiger charge is -2.26. The second-order valence-electron chi connectivity index (χ2n) is 5.39. The zero-order chi connectivity index (χ0) is 13.0. The van der Waals surface area contributed by atoms with Crippen LogP contribution < -0.4 is 5.32 Å². The van der Waals surface area contributed by atoms with Crippen LogP contribution in [0.1, 0.15) is 37.1 Å². The standard InChI is InChI=1S/C14H22N2O2/c1-11-4-5-13(18)12(16-11)8-15-9-14(10-17)6-2-3-7-14/h4-5,15,17-18H,2-3,6-10H2,1H3. The fourth-order valence-electron chi connectivity index (χ4n) is 2.70. The molecule has 0 saturated heterocycles. The maximum atomic E-state index is 9.70. The molecule has 1 saturated carbocycles. The van der Waals surface area contributed by atoms with Crippen molar-refractivity contribution in [3.63, 3.8) is 0 Å². The lowest BCUT2D eigenvalue weighted by Crippen LogP contribution is -2.35. The summed E-state index contributed by atoms with van der Waals surface area (Å²) in [6, 6.07) is 3.47. The van der Waals surface area contributed by atoms with Gasteiger partial charge in [-0.2, -0.15) is 0 Å². The molecule has 18 heavy (non-hydrogen) atoms. The minimum atomic E-state index is 0.0411. The SMILES string of the molecule is Cc1ccc(O)c(CNCC2(CO)CCCC2)n1. The van der Waals surface area contributed by atoms with Crippen LogP contribution in [0.15, 0.2) is 12.1 Å². The van der Waals surface area contributed by atoms with Crippen LogP contribution >= 0.6 is 0 Å². The van der Waals surface area contributed by atoms with Gasteiger partial charge in [0.05, 0.1) is 5.69 Å². The van der Waals surface area contributed by atoms with Gasteiger partial charge in [0.25, 0.3) is 0 Å². The molecular formula is C14H22N2O2. The van der Waals surface area contributed by atoms with E-state index in [2.05, 4.69) is 10.3 Å². The molecule has 2 rings (SSSR count). The molecule has 0 spiro atoms. The topological polar surface area (TPSA) is 65.4 Å². The smallest absolute Gasteiger partial charge is 0.138 e. The first-order valence-corrected chi connectivity index (χ1v) is 6.62. The summed E-state index contributed by atoms with van der Waals surface area (Å²) < 4.78 is 0. The predicted molar refractivity (Wildman–Crippen MR) is 70.3 cm³/mol. The maximum absolute atomic E-state index is 9.70. The number of aromatic nitrogens is 1. The first-order chi connectivity index (χ1) is 8.65. The molecule has 4 nitrogen and oxygen atoms in total. The van der Waals surface area contributed by atoms with Crippen molar-refractivity contribution in [1.29, 1.82) is 0 Å². The molecule has 1 aliphatic carbocycles. The number of aliphatic hydroxyl groups is 1. The molecule has 0 amide bonds. The van der Waals surface area contributed by atoms with E-state index in [9.17, 15) is 10.2 Å². The van der Waals surface area contributed by atoms with E-state index in [4.69, 9.17) is 0 Å². The van der Waals surface area contributed by atoms with E-state index < -0.39 is 0 Å². The minimum Gasteiger partial charge on any atom is -0.506 e. The Balaban J connectivity index is 1.89. The van der Waals surface area contributed by atoms with E-state index in [0.717, 1.165) is 25.1 Å². The molecule has 0 aromatic carbocycles. The Morgan fingerprint density at radius 3 is 2.72 bits per heavy atom. The van der Waals surface area contributed by atoms with Crippen LogP contribution in [0.3, 0.4) is 0 Å². The van der Waals surface area contributed by atoms with Crippen molar-refractivity contribution in [2.75, 3.05) is 13.2 Å². The van der Waals surface area contributed by atoms with Crippen LogP contribution in [0.5, 0.6) is 5.75 Å². The zero-order valence-corrected chi connectivity index (χ0v) is 10.9. The Hall–Kier alpha value is -1.13. The van der Waals surface area contributed by atoms with Gasteiger partial charge in [-0.05, 0) is 31.9 Å². The minimum absolute atomic E-state index is 0.0411. The van der Waals surface area contributed by atoms with Crippen molar-refractivity contribution in [3.8, 4) is 5.75 Å². The number of aromatic hydroxyl groups is 1. The molecular weight excluding hydrogens is 228 g/mol. The van der Waals surface area contributed by atoms with E-state index in [1.807, 2.05) is 6.92 Å². The Kier molecular flexibility index (Phi) is 4.19. The molecule has 100 valence electrons. The van der Waals surface area contributed by atoms with Gasteiger partial charge in [0.2, 0.25) is 0 Å². The normalized spacial score (nSPS) is 18.1. The van der Waals surface area contributed by atoms with Crippen LogP contribution in [0.25, 0.3) is 0 Å². The number of pyridine rings is 1. The van der Waals surface area contributed by atoms with E-state index in [1.54, 1.807) is 12.1 Å². The highest BCUT2D eigenvalue weighted by molar-refractivity contribution is 5.27. The summed E-state index contributed by atoms with van der Waals surface area (Å²) in [5.41, 5.74) is 1.63. The van der Waals surface area contributed by atoms with Gasteiger partial charge in [-0.15, -0.1) is 0 Å². The van der Waals surface area contributed by atoms with Crippen LogP contribution in [0.2, 0.25) is 0 Å². The Bertz CT molecular complexity index is 401. The summed E-state index contributed by atoms with van der Waals surface area (Å²) >= 11 is 0. The van der Waals surface area contributed by atoms with Crippen molar-refractivity contribution >= 4 is 0 Å². The van der Waals surface area contributed by atoms with Crippen molar-refractivity contribution in [3.05, 3.63) is 23.5 Å². The summed E-state index contributed by atoms with van der Waals surface area (Å²) in [5.74, 6) is 0.234. The van der Waals surface area contributed by atoms with Crippen molar-refractivity contribution in [2.45, 2.75) is 39.2 Å². The van der Waals surface area contributed by atoms with Crippen LogP contribution in [-0.2, 0) is 6.54 Å². The molecule has 1 fully saturated rings. The van der Waals surface area contributed by atoms with Crippen LogP contribution in [0.4, 0.5) is 0 Å². The summed E-state index contributed by atoms with van der Waals surface area (Å²) in [7, 11) is 0. The molecule has 1 aromatic rings. The second kappa shape index (κ2) is 5.67. The molecule has 0 atom stereocenters. The number of rotatable bonds is 5. The maximum Gasteiger partial charge on any atom is 0.138 e. The zero-order valence-electron chi connectivity index (χ0n) is 10.9. The number of aryl methyl sites for hydroxylation is 1. The molecule has 0 aliphatic heterocycles. The molecule has 1 aromatic heterocycles.